The lowest BCUT2D eigenvalue weighted by atomic mass is 9.97. The molecule has 0 aliphatic rings. The van der Waals surface area contributed by atoms with E-state index >= 15 is 0 Å². The maximum atomic E-state index is 12.6. The number of benzene rings is 1. The molecule has 1 atom stereocenters. The monoisotopic (exact) mass is 269 g/mol. The third-order valence-corrected chi connectivity index (χ3v) is 2.47. The van der Waals surface area contributed by atoms with E-state index in [-0.39, 0.29) is 31.0 Å². The average molecular weight is 270 g/mol. The van der Waals surface area contributed by atoms with Gasteiger partial charge in [-0.2, -0.15) is 13.2 Å². The van der Waals surface area contributed by atoms with E-state index in [0.29, 0.717) is 5.56 Å². The van der Waals surface area contributed by atoms with Gasteiger partial charge >= 0.3 is 6.18 Å². The molecule has 0 bridgehead atoms. The van der Waals surface area contributed by atoms with E-state index in [1.807, 2.05) is 0 Å². The van der Waals surface area contributed by atoms with Crippen LogP contribution in [0.15, 0.2) is 18.2 Å². The summed E-state index contributed by atoms with van der Waals surface area (Å²) >= 11 is 0. The summed E-state index contributed by atoms with van der Waals surface area (Å²) in [5.74, 6) is 0. The van der Waals surface area contributed by atoms with Crippen LogP contribution < -0.4 is 5.73 Å². The number of aliphatic hydroxyl groups excluding tert-OH is 1. The quantitative estimate of drug-likeness (QED) is 0.884. The van der Waals surface area contributed by atoms with Crippen molar-refractivity contribution < 1.29 is 18.3 Å². The number of halogens is 4. The van der Waals surface area contributed by atoms with Crippen LogP contribution in [0.5, 0.6) is 0 Å². The molecule has 2 nitrogen and oxygen atoms in total. The van der Waals surface area contributed by atoms with Gasteiger partial charge in [0, 0.05) is 6.04 Å². The Labute approximate surface area is 104 Å². The molecule has 3 N–H and O–H groups in total. The molecule has 0 spiro atoms. The summed E-state index contributed by atoms with van der Waals surface area (Å²) < 4.78 is 37.7. The van der Waals surface area contributed by atoms with E-state index in [2.05, 4.69) is 0 Å². The first-order chi connectivity index (χ1) is 7.36. The van der Waals surface area contributed by atoms with E-state index < -0.39 is 17.8 Å². The Kier molecular flexibility index (Phi) is 5.95. The Morgan fingerprint density at radius 3 is 2.41 bits per heavy atom. The number of aliphatic hydroxyl groups is 1. The lowest BCUT2D eigenvalue weighted by molar-refractivity contribution is -0.138. The minimum absolute atomic E-state index is 0. The molecule has 0 saturated carbocycles. The normalized spacial score (nSPS) is 13.1. The first-order valence-corrected chi connectivity index (χ1v) is 4.88. The lowest BCUT2D eigenvalue weighted by Crippen LogP contribution is -2.27. The van der Waals surface area contributed by atoms with E-state index in [1.54, 1.807) is 6.07 Å². The zero-order valence-corrected chi connectivity index (χ0v) is 10.1. The van der Waals surface area contributed by atoms with Gasteiger partial charge in [-0.1, -0.05) is 12.1 Å². The molecule has 1 unspecified atom stereocenters. The third kappa shape index (κ3) is 4.18. The Bertz CT molecular complexity index is 368. The molecule has 1 rings (SSSR count). The standard InChI is InChI=1S/C11H14F3NO.ClH/c1-7-8(5-9(15)6-16)3-2-4-10(7)11(12,13)14;/h2-4,9,16H,5-6,15H2,1H3;1H. The van der Waals surface area contributed by atoms with Crippen LogP contribution in [0.4, 0.5) is 13.2 Å². The van der Waals surface area contributed by atoms with Gasteiger partial charge < -0.3 is 10.8 Å². The highest BCUT2D eigenvalue weighted by Gasteiger charge is 2.32. The van der Waals surface area contributed by atoms with Crippen LogP contribution in [0.1, 0.15) is 16.7 Å². The lowest BCUT2D eigenvalue weighted by Gasteiger charge is -2.15. The largest absolute Gasteiger partial charge is 0.416 e. The van der Waals surface area contributed by atoms with Gasteiger partial charge in [0.1, 0.15) is 0 Å². The third-order valence-electron chi connectivity index (χ3n) is 2.47. The maximum absolute atomic E-state index is 12.6. The SMILES string of the molecule is Cc1c(CC(N)CO)cccc1C(F)(F)F.Cl. The van der Waals surface area contributed by atoms with Crippen molar-refractivity contribution in [2.24, 2.45) is 5.73 Å². The highest BCUT2D eigenvalue weighted by molar-refractivity contribution is 5.85. The minimum atomic E-state index is -4.34. The van der Waals surface area contributed by atoms with Crippen molar-refractivity contribution in [1.29, 1.82) is 0 Å². The second-order valence-corrected chi connectivity index (χ2v) is 3.73. The second-order valence-electron chi connectivity index (χ2n) is 3.73. The van der Waals surface area contributed by atoms with Gasteiger partial charge in [0.05, 0.1) is 12.2 Å². The molecular weight excluding hydrogens is 255 g/mol. The van der Waals surface area contributed by atoms with Gasteiger partial charge in [0.2, 0.25) is 0 Å². The van der Waals surface area contributed by atoms with Crippen LogP contribution in [0, 0.1) is 6.92 Å². The van der Waals surface area contributed by atoms with Crippen molar-refractivity contribution in [1.82, 2.24) is 0 Å². The summed E-state index contributed by atoms with van der Waals surface area (Å²) in [6, 6.07) is 3.47. The highest BCUT2D eigenvalue weighted by Crippen LogP contribution is 2.33. The molecule has 0 amide bonds. The van der Waals surface area contributed by atoms with Gasteiger partial charge in [-0.15, -0.1) is 12.4 Å². The topological polar surface area (TPSA) is 46.2 Å². The Morgan fingerprint density at radius 2 is 1.94 bits per heavy atom. The van der Waals surface area contributed by atoms with Crippen molar-refractivity contribution in [3.8, 4) is 0 Å². The first kappa shape index (κ1) is 16.2. The summed E-state index contributed by atoms with van der Waals surface area (Å²) in [5.41, 5.74) is 5.56. The molecule has 17 heavy (non-hydrogen) atoms. The van der Waals surface area contributed by atoms with Crippen LogP contribution in [0.25, 0.3) is 0 Å². The molecule has 0 fully saturated rings. The van der Waals surface area contributed by atoms with Crippen molar-refractivity contribution in [3.05, 3.63) is 34.9 Å². The van der Waals surface area contributed by atoms with Gasteiger partial charge in [-0.05, 0) is 30.5 Å². The zero-order valence-electron chi connectivity index (χ0n) is 9.29. The second kappa shape index (κ2) is 6.23. The summed E-state index contributed by atoms with van der Waals surface area (Å²) in [6.07, 6.45) is -4.10. The summed E-state index contributed by atoms with van der Waals surface area (Å²) in [5, 5.41) is 8.77. The fourth-order valence-corrected chi connectivity index (χ4v) is 1.56. The van der Waals surface area contributed by atoms with E-state index in [4.69, 9.17) is 10.8 Å². The number of hydrogen-bond acceptors (Lipinski definition) is 2. The smallest absolute Gasteiger partial charge is 0.395 e. The molecule has 0 aliphatic carbocycles. The number of nitrogens with two attached hydrogens (primary N) is 1. The van der Waals surface area contributed by atoms with Crippen LogP contribution in [-0.4, -0.2) is 17.8 Å². The Hall–Kier alpha value is -0.780. The van der Waals surface area contributed by atoms with E-state index in [0.717, 1.165) is 6.07 Å². The van der Waals surface area contributed by atoms with Crippen molar-refractivity contribution in [2.45, 2.75) is 25.6 Å². The molecule has 0 radical (unpaired) electrons. The molecule has 0 aliphatic heterocycles. The van der Waals surface area contributed by atoms with Crippen molar-refractivity contribution in [3.63, 3.8) is 0 Å². The highest BCUT2D eigenvalue weighted by atomic mass is 35.5. The molecule has 1 aromatic carbocycles. The molecular formula is C11H15ClF3NO. The number of alkyl halides is 3. The average Bonchev–Trinajstić information content (AvgIpc) is 2.19. The number of rotatable bonds is 3. The fourth-order valence-electron chi connectivity index (χ4n) is 1.56. The molecule has 0 saturated heterocycles. The van der Waals surface area contributed by atoms with Crippen LogP contribution in [-0.2, 0) is 12.6 Å². The Balaban J connectivity index is 0.00000256. The first-order valence-electron chi connectivity index (χ1n) is 4.88. The van der Waals surface area contributed by atoms with Gasteiger partial charge in [-0.3, -0.25) is 0 Å². The van der Waals surface area contributed by atoms with Crippen LogP contribution in [0.3, 0.4) is 0 Å². The predicted molar refractivity (Wildman–Crippen MR) is 62.2 cm³/mol. The molecule has 0 aromatic heterocycles. The van der Waals surface area contributed by atoms with Gasteiger partial charge in [-0.25, -0.2) is 0 Å². The maximum Gasteiger partial charge on any atom is 0.416 e. The molecule has 0 heterocycles. The van der Waals surface area contributed by atoms with Crippen molar-refractivity contribution >= 4 is 12.4 Å². The molecule has 6 heteroatoms. The number of hydrogen-bond donors (Lipinski definition) is 2. The zero-order chi connectivity index (χ0) is 12.3. The Morgan fingerprint density at radius 1 is 1.35 bits per heavy atom. The van der Waals surface area contributed by atoms with E-state index in [9.17, 15) is 13.2 Å². The van der Waals surface area contributed by atoms with Crippen LogP contribution in [0.2, 0.25) is 0 Å². The summed E-state index contributed by atoms with van der Waals surface area (Å²) in [4.78, 5) is 0. The molecule has 98 valence electrons. The van der Waals surface area contributed by atoms with Crippen molar-refractivity contribution in [2.75, 3.05) is 6.61 Å². The van der Waals surface area contributed by atoms with Crippen LogP contribution >= 0.6 is 12.4 Å². The fraction of sp³-hybridized carbons (Fsp3) is 0.455. The molecule has 1 aromatic rings. The summed E-state index contributed by atoms with van der Waals surface area (Å²) in [7, 11) is 0. The predicted octanol–water partition coefficient (Wildman–Crippen LogP) is 2.30. The van der Waals surface area contributed by atoms with E-state index in [1.165, 1.54) is 13.0 Å². The van der Waals surface area contributed by atoms with Gasteiger partial charge in [0.25, 0.3) is 0 Å². The summed E-state index contributed by atoms with van der Waals surface area (Å²) in [6.45, 7) is 1.18. The van der Waals surface area contributed by atoms with Gasteiger partial charge in [0.15, 0.2) is 0 Å². The minimum Gasteiger partial charge on any atom is -0.395 e.